The van der Waals surface area contributed by atoms with Gasteiger partial charge in [-0.25, -0.2) is 0 Å². The quantitative estimate of drug-likeness (QED) is 0.333. The highest BCUT2D eigenvalue weighted by Crippen LogP contribution is 2.31. The number of rotatable bonds is 12. The van der Waals surface area contributed by atoms with Crippen molar-refractivity contribution in [3.8, 4) is 17.2 Å². The van der Waals surface area contributed by atoms with Gasteiger partial charge in [-0.2, -0.15) is 0 Å². The molecule has 37 heavy (non-hydrogen) atoms. The number of nitro groups is 1. The fourth-order valence-electron chi connectivity index (χ4n) is 4.52. The summed E-state index contributed by atoms with van der Waals surface area (Å²) in [6.07, 6.45) is 5.67. The van der Waals surface area contributed by atoms with Crippen molar-refractivity contribution < 1.29 is 28.7 Å². The summed E-state index contributed by atoms with van der Waals surface area (Å²) in [7, 11) is 2.91. The molecule has 10 nitrogen and oxygen atoms in total. The van der Waals surface area contributed by atoms with Crippen LogP contribution in [-0.2, 0) is 16.1 Å². The Morgan fingerprint density at radius 2 is 1.73 bits per heavy atom. The Hall–Kier alpha value is -3.82. The van der Waals surface area contributed by atoms with Crippen LogP contribution in [0.5, 0.6) is 17.2 Å². The Balaban J connectivity index is 1.78. The first kappa shape index (κ1) is 27.8. The van der Waals surface area contributed by atoms with Crippen molar-refractivity contribution in [2.45, 2.75) is 64.1 Å². The number of ether oxygens (including phenoxy) is 3. The zero-order valence-electron chi connectivity index (χ0n) is 21.6. The molecule has 10 heteroatoms. The molecule has 2 aromatic rings. The largest absolute Gasteiger partial charge is 0.497 e. The smallest absolute Gasteiger partial charge is 0.311 e. The highest BCUT2D eigenvalue weighted by molar-refractivity contribution is 5.88. The van der Waals surface area contributed by atoms with Crippen LogP contribution >= 0.6 is 0 Å². The topological polar surface area (TPSA) is 120 Å². The summed E-state index contributed by atoms with van der Waals surface area (Å²) >= 11 is 0. The maximum Gasteiger partial charge on any atom is 0.311 e. The van der Waals surface area contributed by atoms with Crippen molar-refractivity contribution >= 4 is 17.5 Å². The van der Waals surface area contributed by atoms with Crippen LogP contribution in [0.15, 0.2) is 42.5 Å². The van der Waals surface area contributed by atoms with Crippen molar-refractivity contribution in [2.24, 2.45) is 0 Å². The van der Waals surface area contributed by atoms with E-state index in [-0.39, 0.29) is 48.2 Å². The van der Waals surface area contributed by atoms with Gasteiger partial charge in [-0.15, -0.1) is 0 Å². The maximum atomic E-state index is 13.4. The minimum absolute atomic E-state index is 0.0309. The first-order valence-corrected chi connectivity index (χ1v) is 12.5. The monoisotopic (exact) mass is 513 g/mol. The number of nitrogens with zero attached hydrogens (tertiary/aromatic N) is 2. The Morgan fingerprint density at radius 3 is 2.32 bits per heavy atom. The molecule has 200 valence electrons. The lowest BCUT2D eigenvalue weighted by Gasteiger charge is -2.32. The number of amides is 2. The Morgan fingerprint density at radius 1 is 1.05 bits per heavy atom. The number of carbonyl (C=O) groups is 2. The second-order valence-electron chi connectivity index (χ2n) is 9.02. The minimum Gasteiger partial charge on any atom is -0.497 e. The van der Waals surface area contributed by atoms with E-state index in [4.69, 9.17) is 14.2 Å². The van der Waals surface area contributed by atoms with Crippen LogP contribution in [0.2, 0.25) is 0 Å². The van der Waals surface area contributed by atoms with Crippen LogP contribution in [0.25, 0.3) is 0 Å². The van der Waals surface area contributed by atoms with Crippen molar-refractivity contribution in [2.75, 3.05) is 20.8 Å². The molecule has 0 saturated heterocycles. The third kappa shape index (κ3) is 7.58. The van der Waals surface area contributed by atoms with Crippen molar-refractivity contribution in [3.05, 3.63) is 58.1 Å². The summed E-state index contributed by atoms with van der Waals surface area (Å²) in [6, 6.07) is 10.8. The summed E-state index contributed by atoms with van der Waals surface area (Å²) in [5.74, 6) is 0.425. The van der Waals surface area contributed by atoms with Gasteiger partial charge in [0.2, 0.25) is 11.7 Å². The number of hydrogen-bond acceptors (Lipinski definition) is 7. The lowest BCUT2D eigenvalue weighted by atomic mass is 9.95. The molecule has 1 saturated carbocycles. The van der Waals surface area contributed by atoms with Gasteiger partial charge in [-0.05, 0) is 43.0 Å². The number of methoxy groups -OCH3 is 2. The van der Waals surface area contributed by atoms with E-state index in [9.17, 15) is 19.7 Å². The molecule has 1 aliphatic carbocycles. The van der Waals surface area contributed by atoms with Crippen LogP contribution in [0.3, 0.4) is 0 Å². The predicted molar refractivity (Wildman–Crippen MR) is 138 cm³/mol. The van der Waals surface area contributed by atoms with Gasteiger partial charge in [-0.1, -0.05) is 38.3 Å². The van der Waals surface area contributed by atoms with Crippen LogP contribution in [-0.4, -0.2) is 54.5 Å². The van der Waals surface area contributed by atoms with Gasteiger partial charge < -0.3 is 24.4 Å². The normalized spacial score (nSPS) is 14.4. The van der Waals surface area contributed by atoms with Gasteiger partial charge in [0.1, 0.15) is 17.5 Å². The highest BCUT2D eigenvalue weighted by atomic mass is 16.6. The fourth-order valence-corrected chi connectivity index (χ4v) is 4.52. The van der Waals surface area contributed by atoms with E-state index < -0.39 is 11.0 Å². The zero-order valence-corrected chi connectivity index (χ0v) is 21.6. The molecule has 2 amide bonds. The summed E-state index contributed by atoms with van der Waals surface area (Å²) in [5.41, 5.74) is 0.641. The average Bonchev–Trinajstić information content (AvgIpc) is 2.92. The van der Waals surface area contributed by atoms with Gasteiger partial charge in [0.05, 0.1) is 19.1 Å². The lowest BCUT2D eigenvalue weighted by Crippen LogP contribution is -2.52. The van der Waals surface area contributed by atoms with Gasteiger partial charge >= 0.3 is 5.69 Å². The molecule has 1 fully saturated rings. The Labute approximate surface area is 217 Å². The van der Waals surface area contributed by atoms with E-state index in [1.807, 2.05) is 19.1 Å². The van der Waals surface area contributed by atoms with Crippen molar-refractivity contribution in [3.63, 3.8) is 0 Å². The van der Waals surface area contributed by atoms with Crippen LogP contribution in [0, 0.1) is 10.1 Å². The van der Waals surface area contributed by atoms with Gasteiger partial charge in [-0.3, -0.25) is 19.7 Å². The zero-order chi connectivity index (χ0) is 26.8. The van der Waals surface area contributed by atoms with Gasteiger partial charge in [0, 0.05) is 24.7 Å². The molecular weight excluding hydrogens is 478 g/mol. The van der Waals surface area contributed by atoms with Gasteiger partial charge in [0.25, 0.3) is 5.91 Å². The van der Waals surface area contributed by atoms with Crippen LogP contribution < -0.4 is 19.5 Å². The molecule has 0 spiro atoms. The van der Waals surface area contributed by atoms with E-state index in [0.717, 1.165) is 31.2 Å². The second kappa shape index (κ2) is 13.5. The molecule has 1 atom stereocenters. The van der Waals surface area contributed by atoms with Crippen LogP contribution in [0.4, 0.5) is 5.69 Å². The highest BCUT2D eigenvalue weighted by Gasteiger charge is 2.30. The lowest BCUT2D eigenvalue weighted by molar-refractivity contribution is -0.385. The third-order valence-electron chi connectivity index (χ3n) is 6.56. The molecule has 0 aliphatic heterocycles. The number of hydrogen-bond donors (Lipinski definition) is 1. The summed E-state index contributed by atoms with van der Waals surface area (Å²) in [6.45, 7) is 1.75. The average molecular weight is 514 g/mol. The molecule has 0 radical (unpaired) electrons. The predicted octanol–water partition coefficient (Wildman–Crippen LogP) is 4.25. The van der Waals surface area contributed by atoms with Gasteiger partial charge in [0.15, 0.2) is 6.61 Å². The molecule has 1 N–H and O–H groups in total. The SMILES string of the molecule is CCC(C(=O)NC1CCCCC1)N(Cc1ccc(OC)cc1)C(=O)COc1ccc([N+](=O)[O-])c(OC)c1. The van der Waals surface area contributed by atoms with E-state index >= 15 is 0 Å². The van der Waals surface area contributed by atoms with E-state index in [0.29, 0.717) is 12.2 Å². The number of benzene rings is 2. The molecule has 1 unspecified atom stereocenters. The van der Waals surface area contributed by atoms with Crippen molar-refractivity contribution in [1.82, 2.24) is 10.2 Å². The summed E-state index contributed by atoms with van der Waals surface area (Å²) in [4.78, 5) is 38.8. The molecule has 1 aliphatic rings. The number of nitrogens with one attached hydrogen (secondary N) is 1. The summed E-state index contributed by atoms with van der Waals surface area (Å²) < 4.78 is 16.0. The standard InChI is InChI=1S/C27H35N3O7/c1-4-23(27(32)28-20-8-6-5-7-9-20)29(17-19-10-12-21(35-2)13-11-19)26(31)18-37-22-14-15-24(30(33)34)25(16-22)36-3/h10-16,20,23H,4-9,17-18H2,1-3H3,(H,28,32). The third-order valence-corrected chi connectivity index (χ3v) is 6.56. The molecule has 3 rings (SSSR count). The fraction of sp³-hybridized carbons (Fsp3) is 0.481. The molecular formula is C27H35N3O7. The Bertz CT molecular complexity index is 1070. The Kier molecular flexibility index (Phi) is 10.1. The number of nitro benzene ring substituents is 1. The summed E-state index contributed by atoms with van der Waals surface area (Å²) in [5, 5.41) is 14.3. The molecule has 0 aromatic heterocycles. The maximum absolute atomic E-state index is 13.4. The first-order valence-electron chi connectivity index (χ1n) is 12.5. The molecule has 0 heterocycles. The van der Waals surface area contributed by atoms with Crippen molar-refractivity contribution in [1.29, 1.82) is 0 Å². The first-order chi connectivity index (χ1) is 17.9. The molecule has 2 aromatic carbocycles. The molecule has 0 bridgehead atoms. The van der Waals surface area contributed by atoms with Crippen LogP contribution in [0.1, 0.15) is 51.0 Å². The van der Waals surface area contributed by atoms with E-state index in [2.05, 4.69) is 5.32 Å². The number of carbonyl (C=O) groups excluding carboxylic acids is 2. The second-order valence-corrected chi connectivity index (χ2v) is 9.02. The van der Waals surface area contributed by atoms with E-state index in [1.165, 1.54) is 36.6 Å². The van der Waals surface area contributed by atoms with E-state index in [1.54, 1.807) is 19.2 Å². The minimum atomic E-state index is -0.675.